The van der Waals surface area contributed by atoms with Crippen LogP contribution in [0.5, 0.6) is 0 Å². The molecule has 0 saturated heterocycles. The molecule has 0 fully saturated rings. The number of aryl methyl sites for hydroxylation is 1. The molecule has 0 spiro atoms. The van der Waals surface area contributed by atoms with Crippen LogP contribution in [0.15, 0.2) is 47.6 Å². The lowest BCUT2D eigenvalue weighted by molar-refractivity contribution is -0.113. The Morgan fingerprint density at radius 2 is 1.91 bits per heavy atom. The lowest BCUT2D eigenvalue weighted by Crippen LogP contribution is -2.31. The van der Waals surface area contributed by atoms with Crippen molar-refractivity contribution < 1.29 is 9.59 Å². The lowest BCUT2D eigenvalue weighted by atomic mass is 10.0. The highest BCUT2D eigenvalue weighted by Crippen LogP contribution is 2.26. The van der Waals surface area contributed by atoms with Gasteiger partial charge in [-0.05, 0) is 84.7 Å². The largest absolute Gasteiger partial charge is 0.342 e. The van der Waals surface area contributed by atoms with Gasteiger partial charge in [-0.3, -0.25) is 9.59 Å². The Labute approximate surface area is 228 Å². The molecular weight excluding hydrogens is 597 g/mol. The summed E-state index contributed by atoms with van der Waals surface area (Å²) in [6.45, 7) is 8.76. The number of aromatic nitrogens is 3. The third-order valence-electron chi connectivity index (χ3n) is 5.30. The third kappa shape index (κ3) is 7.44. The molecule has 0 bridgehead atoms. The van der Waals surface area contributed by atoms with Gasteiger partial charge in [0.1, 0.15) is 0 Å². The molecule has 3 aromatic rings. The Kier molecular flexibility index (Phi) is 9.99. The van der Waals surface area contributed by atoms with E-state index in [1.54, 1.807) is 24.3 Å². The molecule has 186 valence electrons. The first-order valence-corrected chi connectivity index (χ1v) is 13.8. The Bertz CT molecular complexity index is 1200. The van der Waals surface area contributed by atoms with Crippen molar-refractivity contribution in [3.8, 4) is 0 Å². The summed E-state index contributed by atoms with van der Waals surface area (Å²) in [5, 5.41) is 15.8. The Hall–Kier alpha value is -2.11. The number of nitrogens with one attached hydrogen (secondary N) is 2. The van der Waals surface area contributed by atoms with E-state index >= 15 is 0 Å². The Balaban J connectivity index is 1.74. The summed E-state index contributed by atoms with van der Waals surface area (Å²) in [5.74, 6) is 0.806. The van der Waals surface area contributed by atoms with Gasteiger partial charge in [0, 0.05) is 15.8 Å². The summed E-state index contributed by atoms with van der Waals surface area (Å²) in [6.07, 6.45) is 0.686. The normalized spacial score (nSPS) is 12.0. The predicted octanol–water partition coefficient (Wildman–Crippen LogP) is 6.11. The number of carbonyl (C=O) groups excluding carboxylic acids is 2. The molecule has 35 heavy (non-hydrogen) atoms. The zero-order chi connectivity index (χ0) is 25.5. The van der Waals surface area contributed by atoms with Crippen molar-refractivity contribution in [3.05, 3.63) is 68.0 Å². The molecular formula is C25H29ClIN5O2S. The van der Waals surface area contributed by atoms with Crippen LogP contribution in [0.4, 0.5) is 5.69 Å². The summed E-state index contributed by atoms with van der Waals surface area (Å²) in [6, 6.07) is 12.5. The van der Waals surface area contributed by atoms with Crippen LogP contribution >= 0.6 is 46.0 Å². The Morgan fingerprint density at radius 3 is 2.57 bits per heavy atom. The van der Waals surface area contributed by atoms with Crippen LogP contribution in [0.1, 0.15) is 55.0 Å². The van der Waals surface area contributed by atoms with Crippen molar-refractivity contribution in [2.24, 2.45) is 5.92 Å². The van der Waals surface area contributed by atoms with Crippen molar-refractivity contribution >= 4 is 63.5 Å². The molecule has 0 saturated carbocycles. The second kappa shape index (κ2) is 12.7. The molecule has 2 N–H and O–H groups in total. The number of benzene rings is 2. The minimum absolute atomic E-state index is 0.114. The van der Waals surface area contributed by atoms with E-state index in [9.17, 15) is 9.59 Å². The minimum atomic E-state index is -0.344. The van der Waals surface area contributed by atoms with Crippen molar-refractivity contribution in [1.82, 2.24) is 20.1 Å². The molecule has 1 aromatic heterocycles. The van der Waals surface area contributed by atoms with E-state index in [0.29, 0.717) is 40.5 Å². The summed E-state index contributed by atoms with van der Waals surface area (Å²) in [4.78, 5) is 25.5. The van der Waals surface area contributed by atoms with Crippen LogP contribution in [0, 0.1) is 16.4 Å². The first kappa shape index (κ1) is 27.5. The van der Waals surface area contributed by atoms with Crippen LogP contribution in [-0.2, 0) is 11.3 Å². The van der Waals surface area contributed by atoms with Crippen LogP contribution in [0.2, 0.25) is 5.02 Å². The number of amides is 2. The molecule has 2 aromatic carbocycles. The van der Waals surface area contributed by atoms with E-state index in [4.69, 9.17) is 11.6 Å². The van der Waals surface area contributed by atoms with Gasteiger partial charge in [0.2, 0.25) is 5.91 Å². The molecule has 0 unspecified atom stereocenters. The maximum Gasteiger partial charge on any atom is 0.253 e. The van der Waals surface area contributed by atoms with Crippen LogP contribution in [0.3, 0.4) is 0 Å². The van der Waals surface area contributed by atoms with Gasteiger partial charge < -0.3 is 15.2 Å². The molecule has 2 amide bonds. The molecule has 0 aliphatic rings. The second-order valence-corrected chi connectivity index (χ2v) is 11.1. The maximum absolute atomic E-state index is 13.0. The minimum Gasteiger partial charge on any atom is -0.342 e. The summed E-state index contributed by atoms with van der Waals surface area (Å²) in [5.41, 5.74) is 2.23. The van der Waals surface area contributed by atoms with Gasteiger partial charge >= 0.3 is 0 Å². The van der Waals surface area contributed by atoms with Gasteiger partial charge in [0.15, 0.2) is 11.0 Å². The van der Waals surface area contributed by atoms with Gasteiger partial charge in [-0.15, -0.1) is 10.2 Å². The van der Waals surface area contributed by atoms with Gasteiger partial charge in [0.25, 0.3) is 5.91 Å². The molecule has 7 nitrogen and oxygen atoms in total. The van der Waals surface area contributed by atoms with Gasteiger partial charge in [-0.25, -0.2) is 0 Å². The van der Waals surface area contributed by atoms with Crippen molar-refractivity contribution in [2.75, 3.05) is 11.1 Å². The molecule has 1 heterocycles. The monoisotopic (exact) mass is 625 g/mol. The zero-order valence-electron chi connectivity index (χ0n) is 20.1. The number of thioether (sulfide) groups is 1. The third-order valence-corrected chi connectivity index (χ3v) is 7.27. The molecule has 1 atom stereocenters. The lowest BCUT2D eigenvalue weighted by Gasteiger charge is -2.21. The fourth-order valence-corrected chi connectivity index (χ4v) is 5.31. The molecule has 0 radical (unpaired) electrons. The average Bonchev–Trinajstić information content (AvgIpc) is 3.22. The first-order valence-electron chi connectivity index (χ1n) is 11.4. The van der Waals surface area contributed by atoms with Crippen LogP contribution < -0.4 is 10.6 Å². The van der Waals surface area contributed by atoms with Crippen LogP contribution in [0.25, 0.3) is 0 Å². The predicted molar refractivity (Wildman–Crippen MR) is 150 cm³/mol. The number of rotatable bonds is 10. The highest BCUT2D eigenvalue weighted by Gasteiger charge is 2.25. The highest BCUT2D eigenvalue weighted by molar-refractivity contribution is 14.1. The van der Waals surface area contributed by atoms with Crippen molar-refractivity contribution in [1.29, 1.82) is 0 Å². The SMILES string of the molecule is CCn1c(SCC(=O)Nc2ccc(I)cc2C)nnc1[C@H](CC(C)C)NC(=O)c1ccccc1Cl. The van der Waals surface area contributed by atoms with E-state index in [1.807, 2.05) is 36.6 Å². The maximum atomic E-state index is 13.0. The van der Waals surface area contributed by atoms with Gasteiger partial charge in [0.05, 0.1) is 22.4 Å². The molecule has 10 heteroatoms. The van der Waals surface area contributed by atoms with Crippen molar-refractivity contribution in [2.45, 2.75) is 51.9 Å². The van der Waals surface area contributed by atoms with E-state index in [-0.39, 0.29) is 23.6 Å². The van der Waals surface area contributed by atoms with E-state index in [1.165, 1.54) is 11.8 Å². The number of hydrogen-bond acceptors (Lipinski definition) is 5. The smallest absolute Gasteiger partial charge is 0.253 e. The van der Waals surface area contributed by atoms with E-state index in [2.05, 4.69) is 57.3 Å². The quantitative estimate of drug-likeness (QED) is 0.210. The number of halogens is 2. The fourth-order valence-electron chi connectivity index (χ4n) is 3.63. The number of hydrogen-bond donors (Lipinski definition) is 2. The summed E-state index contributed by atoms with van der Waals surface area (Å²) in [7, 11) is 0. The second-order valence-electron chi connectivity index (χ2n) is 8.52. The number of anilines is 1. The highest BCUT2D eigenvalue weighted by atomic mass is 127. The number of carbonyl (C=O) groups is 2. The number of nitrogens with zero attached hydrogens (tertiary/aromatic N) is 3. The van der Waals surface area contributed by atoms with E-state index in [0.717, 1.165) is 14.8 Å². The summed E-state index contributed by atoms with van der Waals surface area (Å²) < 4.78 is 3.07. The fraction of sp³-hybridized carbons (Fsp3) is 0.360. The zero-order valence-corrected chi connectivity index (χ0v) is 23.9. The summed E-state index contributed by atoms with van der Waals surface area (Å²) >= 11 is 9.80. The Morgan fingerprint density at radius 1 is 1.17 bits per heavy atom. The standard InChI is InChI=1S/C25H29ClIN5O2S/c1-5-32-23(21(12-15(2)3)29-24(34)18-8-6-7-9-19(18)26)30-31-25(32)35-14-22(33)28-20-11-10-17(27)13-16(20)4/h6-11,13,15,21H,5,12,14H2,1-4H3,(H,28,33)(H,29,34)/t21-/m0/s1. The first-order chi connectivity index (χ1) is 16.7. The molecule has 3 rings (SSSR count). The molecule has 0 aliphatic heterocycles. The average molecular weight is 626 g/mol. The topological polar surface area (TPSA) is 88.9 Å². The van der Waals surface area contributed by atoms with Gasteiger partial charge in [-0.1, -0.05) is 49.3 Å². The van der Waals surface area contributed by atoms with Crippen LogP contribution in [-0.4, -0.2) is 32.3 Å². The van der Waals surface area contributed by atoms with E-state index < -0.39 is 0 Å². The molecule has 0 aliphatic carbocycles. The van der Waals surface area contributed by atoms with Crippen molar-refractivity contribution in [3.63, 3.8) is 0 Å². The van der Waals surface area contributed by atoms with Gasteiger partial charge in [-0.2, -0.15) is 0 Å².